The maximum Gasteiger partial charge on any atom is -0.0348 e. The van der Waals surface area contributed by atoms with Gasteiger partial charge in [-0.05, 0) is 25.7 Å². The van der Waals surface area contributed by atoms with Crippen molar-refractivity contribution in [2.45, 2.75) is 51.4 Å². The summed E-state index contributed by atoms with van der Waals surface area (Å²) in [7, 11) is 0. The van der Waals surface area contributed by atoms with Crippen molar-refractivity contribution >= 4 is 0 Å². The van der Waals surface area contributed by atoms with E-state index in [-0.39, 0.29) is 0 Å². The maximum atomic E-state index is 3.83. The summed E-state index contributed by atoms with van der Waals surface area (Å²) in [6.45, 7) is 7.64. The molecule has 0 aliphatic heterocycles. The van der Waals surface area contributed by atoms with Crippen molar-refractivity contribution in [3.05, 3.63) is 50.3 Å². The molecule has 0 N–H and O–H groups in total. The Balaban J connectivity index is 3.30. The monoisotopic (exact) mass is 218 g/mol. The van der Waals surface area contributed by atoms with Gasteiger partial charge in [-0.1, -0.05) is 76.0 Å². The van der Waals surface area contributed by atoms with Crippen LogP contribution in [0, 0.1) is 13.8 Å². The lowest BCUT2D eigenvalue weighted by Gasteiger charge is -1.92. The fourth-order valence-corrected chi connectivity index (χ4v) is 1.36. The number of hydrogen-bond acceptors (Lipinski definition) is 0. The number of rotatable bonds is 10. The van der Waals surface area contributed by atoms with E-state index in [1.165, 1.54) is 32.1 Å². The molecule has 0 spiro atoms. The zero-order valence-corrected chi connectivity index (χ0v) is 10.5. The van der Waals surface area contributed by atoms with Crippen LogP contribution in [0.25, 0.3) is 0 Å². The lowest BCUT2D eigenvalue weighted by Crippen LogP contribution is -1.73. The van der Waals surface area contributed by atoms with Crippen LogP contribution < -0.4 is 0 Å². The lowest BCUT2D eigenvalue weighted by atomic mass is 10.1. The zero-order chi connectivity index (χ0) is 11.9. The molecule has 0 aromatic carbocycles. The summed E-state index contributed by atoms with van der Waals surface area (Å²) in [5.41, 5.74) is 0. The second kappa shape index (κ2) is 14.2. The third-order valence-corrected chi connectivity index (χ3v) is 2.35. The molecule has 0 aliphatic carbocycles. The van der Waals surface area contributed by atoms with E-state index in [2.05, 4.69) is 50.3 Å². The topological polar surface area (TPSA) is 0 Å². The Bertz CT molecular complexity index is 196. The first-order valence-corrected chi connectivity index (χ1v) is 6.48. The van der Waals surface area contributed by atoms with Crippen LogP contribution >= 0.6 is 0 Å². The van der Waals surface area contributed by atoms with Gasteiger partial charge in [-0.15, -0.1) is 0 Å². The summed E-state index contributed by atoms with van der Waals surface area (Å²) in [4.78, 5) is 0. The van der Waals surface area contributed by atoms with Gasteiger partial charge in [-0.3, -0.25) is 0 Å². The molecular formula is C16H26. The second-order valence-corrected chi connectivity index (χ2v) is 3.94. The highest BCUT2D eigenvalue weighted by Gasteiger charge is 1.83. The molecule has 0 heteroatoms. The van der Waals surface area contributed by atoms with Gasteiger partial charge in [0.1, 0.15) is 0 Å². The molecular weight excluding hydrogens is 192 g/mol. The number of unbranched alkanes of at least 4 members (excludes halogenated alkanes) is 6. The van der Waals surface area contributed by atoms with Gasteiger partial charge in [-0.2, -0.15) is 0 Å². The highest BCUT2D eigenvalue weighted by atomic mass is 13.9. The molecule has 0 saturated heterocycles. The largest absolute Gasteiger partial charge is 0.0845 e. The van der Waals surface area contributed by atoms with Gasteiger partial charge in [0.15, 0.2) is 0 Å². The summed E-state index contributed by atoms with van der Waals surface area (Å²) in [6, 6.07) is 0. The highest BCUT2D eigenvalue weighted by molar-refractivity contribution is 5.10. The molecule has 0 rings (SSSR count). The Hall–Kier alpha value is -0.780. The van der Waals surface area contributed by atoms with E-state index in [0.717, 1.165) is 19.3 Å². The van der Waals surface area contributed by atoms with Crippen LogP contribution in [0.5, 0.6) is 0 Å². The third-order valence-electron chi connectivity index (χ3n) is 2.35. The molecule has 0 fully saturated rings. The van der Waals surface area contributed by atoms with Gasteiger partial charge in [-0.25, -0.2) is 0 Å². The van der Waals surface area contributed by atoms with Gasteiger partial charge in [0.25, 0.3) is 0 Å². The quantitative estimate of drug-likeness (QED) is 0.338. The average Bonchev–Trinajstić information content (AvgIpc) is 2.31. The highest BCUT2D eigenvalue weighted by Crippen LogP contribution is 2.02. The molecule has 16 heavy (non-hydrogen) atoms. The SMILES string of the molecule is [CH2]CCCC=CC=CC=CCCCCC[CH2]. The predicted octanol–water partition coefficient (Wildman–Crippen LogP) is 5.44. The van der Waals surface area contributed by atoms with Crippen LogP contribution in [0.3, 0.4) is 0 Å². The van der Waals surface area contributed by atoms with E-state index in [0.29, 0.717) is 0 Å². The molecule has 0 aromatic heterocycles. The maximum absolute atomic E-state index is 3.83. The molecule has 0 aromatic rings. The molecule has 0 aliphatic rings. The predicted molar refractivity (Wildman–Crippen MR) is 75.1 cm³/mol. The van der Waals surface area contributed by atoms with Crippen LogP contribution in [0.2, 0.25) is 0 Å². The minimum atomic E-state index is 1.03. The van der Waals surface area contributed by atoms with Crippen molar-refractivity contribution < 1.29 is 0 Å². The molecule has 0 unspecified atom stereocenters. The fraction of sp³-hybridized carbons (Fsp3) is 0.500. The Morgan fingerprint density at radius 1 is 0.562 bits per heavy atom. The van der Waals surface area contributed by atoms with Crippen molar-refractivity contribution in [3.63, 3.8) is 0 Å². The third kappa shape index (κ3) is 13.2. The second-order valence-electron chi connectivity index (χ2n) is 3.94. The van der Waals surface area contributed by atoms with E-state index in [1.54, 1.807) is 0 Å². The Morgan fingerprint density at radius 3 is 1.69 bits per heavy atom. The summed E-state index contributed by atoms with van der Waals surface area (Å²) in [5.74, 6) is 0. The van der Waals surface area contributed by atoms with Crippen LogP contribution in [-0.4, -0.2) is 0 Å². The first-order chi connectivity index (χ1) is 7.91. The lowest BCUT2D eigenvalue weighted by molar-refractivity contribution is 0.695. The molecule has 0 amide bonds. The van der Waals surface area contributed by atoms with E-state index < -0.39 is 0 Å². The van der Waals surface area contributed by atoms with Gasteiger partial charge >= 0.3 is 0 Å². The smallest absolute Gasteiger partial charge is 0.0348 e. The summed E-state index contributed by atoms with van der Waals surface area (Å²) < 4.78 is 0. The van der Waals surface area contributed by atoms with Gasteiger partial charge in [0.05, 0.1) is 0 Å². The summed E-state index contributed by atoms with van der Waals surface area (Å²) in [5, 5.41) is 0. The Labute approximate surface area is 102 Å². The number of allylic oxidation sites excluding steroid dienone is 6. The summed E-state index contributed by atoms with van der Waals surface area (Å²) in [6.07, 6.45) is 22.4. The van der Waals surface area contributed by atoms with Crippen LogP contribution in [0.1, 0.15) is 51.4 Å². The van der Waals surface area contributed by atoms with Crippen LogP contribution in [-0.2, 0) is 0 Å². The fourth-order valence-electron chi connectivity index (χ4n) is 1.36. The van der Waals surface area contributed by atoms with Crippen molar-refractivity contribution in [2.24, 2.45) is 0 Å². The van der Waals surface area contributed by atoms with E-state index >= 15 is 0 Å². The van der Waals surface area contributed by atoms with Crippen LogP contribution in [0.4, 0.5) is 0 Å². The normalized spacial score (nSPS) is 12.4. The minimum absolute atomic E-state index is 1.03. The average molecular weight is 218 g/mol. The van der Waals surface area contributed by atoms with Gasteiger partial charge in [0.2, 0.25) is 0 Å². The van der Waals surface area contributed by atoms with Crippen molar-refractivity contribution in [2.75, 3.05) is 0 Å². The molecule has 0 atom stereocenters. The van der Waals surface area contributed by atoms with E-state index in [1.807, 2.05) is 0 Å². The van der Waals surface area contributed by atoms with E-state index in [4.69, 9.17) is 0 Å². The van der Waals surface area contributed by atoms with Crippen LogP contribution in [0.15, 0.2) is 36.5 Å². The van der Waals surface area contributed by atoms with Gasteiger partial charge < -0.3 is 0 Å². The van der Waals surface area contributed by atoms with Crippen molar-refractivity contribution in [1.29, 1.82) is 0 Å². The van der Waals surface area contributed by atoms with Crippen molar-refractivity contribution in [3.8, 4) is 0 Å². The first kappa shape index (κ1) is 15.2. The van der Waals surface area contributed by atoms with Crippen molar-refractivity contribution in [1.82, 2.24) is 0 Å². The molecule has 0 saturated carbocycles. The Kier molecular flexibility index (Phi) is 13.5. The van der Waals surface area contributed by atoms with Gasteiger partial charge in [0, 0.05) is 0 Å². The zero-order valence-electron chi connectivity index (χ0n) is 10.5. The van der Waals surface area contributed by atoms with E-state index in [9.17, 15) is 0 Å². The number of hydrogen-bond donors (Lipinski definition) is 0. The molecule has 0 bridgehead atoms. The minimum Gasteiger partial charge on any atom is -0.0845 e. The summed E-state index contributed by atoms with van der Waals surface area (Å²) >= 11 is 0. The molecule has 0 nitrogen and oxygen atoms in total. The Morgan fingerprint density at radius 2 is 1.12 bits per heavy atom. The molecule has 90 valence electrons. The molecule has 0 heterocycles. The molecule has 2 radical (unpaired) electrons. The first-order valence-electron chi connectivity index (χ1n) is 6.48. The standard InChI is InChI=1S/C16H26/c1-3-5-7-9-11-13-15-16-14-12-10-8-6-4-2/h9,11,13-16H,1-8,10,12H2.